The highest BCUT2D eigenvalue weighted by atomic mass is 79.9. The topological polar surface area (TPSA) is 15.3 Å². The molecule has 0 bridgehead atoms. The van der Waals surface area contributed by atoms with E-state index in [9.17, 15) is 0 Å². The number of para-hydroxylation sites is 2. The van der Waals surface area contributed by atoms with Crippen LogP contribution in [-0.2, 0) is 0 Å². The van der Waals surface area contributed by atoms with Gasteiger partial charge in [0.1, 0.15) is 0 Å². The van der Waals surface area contributed by atoms with Crippen molar-refractivity contribution in [3.8, 4) is 0 Å². The molecule has 0 radical (unpaired) electrons. The lowest BCUT2D eigenvalue weighted by Gasteiger charge is -2.22. The number of benzene rings is 2. The second-order valence-electron chi connectivity index (χ2n) is 4.83. The lowest BCUT2D eigenvalue weighted by atomic mass is 10.1. The van der Waals surface area contributed by atoms with Gasteiger partial charge in [-0.3, -0.25) is 0 Å². The van der Waals surface area contributed by atoms with Crippen LogP contribution >= 0.6 is 15.9 Å². The first kappa shape index (κ1) is 13.9. The number of anilines is 2. The standard InChI is InChI=1S/C16H19BrN2/c1-12(13-8-10-14(17)11-9-13)18-15-6-4-5-7-16(15)19(2)3/h4-12,18H,1-3H3. The van der Waals surface area contributed by atoms with Crippen molar-refractivity contribution in [3.63, 3.8) is 0 Å². The van der Waals surface area contributed by atoms with E-state index in [-0.39, 0.29) is 6.04 Å². The summed E-state index contributed by atoms with van der Waals surface area (Å²) in [6, 6.07) is 17.1. The third-order valence-electron chi connectivity index (χ3n) is 3.13. The Kier molecular flexibility index (Phi) is 4.48. The summed E-state index contributed by atoms with van der Waals surface area (Å²) in [5.41, 5.74) is 3.63. The van der Waals surface area contributed by atoms with Gasteiger partial charge in [0.25, 0.3) is 0 Å². The molecule has 19 heavy (non-hydrogen) atoms. The van der Waals surface area contributed by atoms with Gasteiger partial charge in [0.05, 0.1) is 11.4 Å². The van der Waals surface area contributed by atoms with Crippen LogP contribution in [0.2, 0.25) is 0 Å². The predicted octanol–water partition coefficient (Wildman–Crippen LogP) is 4.69. The van der Waals surface area contributed by atoms with E-state index in [2.05, 4.69) is 95.7 Å². The largest absolute Gasteiger partial charge is 0.377 e. The SMILES string of the molecule is CC(Nc1ccccc1N(C)C)c1ccc(Br)cc1. The van der Waals surface area contributed by atoms with Crippen LogP contribution in [0.1, 0.15) is 18.5 Å². The van der Waals surface area contributed by atoms with E-state index in [1.807, 2.05) is 0 Å². The first-order chi connectivity index (χ1) is 9.08. The monoisotopic (exact) mass is 318 g/mol. The van der Waals surface area contributed by atoms with Crippen molar-refractivity contribution in [1.29, 1.82) is 0 Å². The third-order valence-corrected chi connectivity index (χ3v) is 3.66. The molecule has 2 aromatic carbocycles. The average molecular weight is 319 g/mol. The Balaban J connectivity index is 2.19. The van der Waals surface area contributed by atoms with Crippen molar-refractivity contribution in [2.45, 2.75) is 13.0 Å². The number of rotatable bonds is 4. The van der Waals surface area contributed by atoms with Crippen molar-refractivity contribution in [3.05, 3.63) is 58.6 Å². The fourth-order valence-electron chi connectivity index (χ4n) is 2.05. The summed E-state index contributed by atoms with van der Waals surface area (Å²) in [5, 5.41) is 3.57. The summed E-state index contributed by atoms with van der Waals surface area (Å²) in [4.78, 5) is 2.12. The van der Waals surface area contributed by atoms with Crippen LogP contribution in [0.25, 0.3) is 0 Å². The first-order valence-electron chi connectivity index (χ1n) is 6.36. The number of nitrogens with zero attached hydrogens (tertiary/aromatic N) is 1. The van der Waals surface area contributed by atoms with Gasteiger partial charge in [-0.25, -0.2) is 0 Å². The summed E-state index contributed by atoms with van der Waals surface area (Å²) < 4.78 is 1.11. The highest BCUT2D eigenvalue weighted by Crippen LogP contribution is 2.28. The minimum absolute atomic E-state index is 0.272. The van der Waals surface area contributed by atoms with Crippen molar-refractivity contribution in [2.24, 2.45) is 0 Å². The lowest BCUT2D eigenvalue weighted by molar-refractivity contribution is 0.882. The van der Waals surface area contributed by atoms with Gasteiger partial charge in [-0.15, -0.1) is 0 Å². The van der Waals surface area contributed by atoms with Gasteiger partial charge < -0.3 is 10.2 Å². The van der Waals surface area contributed by atoms with Gasteiger partial charge >= 0.3 is 0 Å². The summed E-state index contributed by atoms with van der Waals surface area (Å²) >= 11 is 3.46. The van der Waals surface area contributed by atoms with Crippen LogP contribution in [0.3, 0.4) is 0 Å². The predicted molar refractivity (Wildman–Crippen MR) is 86.9 cm³/mol. The molecule has 0 fully saturated rings. The molecule has 2 aromatic rings. The van der Waals surface area contributed by atoms with Crippen molar-refractivity contribution >= 4 is 27.3 Å². The quantitative estimate of drug-likeness (QED) is 0.879. The summed E-state index contributed by atoms with van der Waals surface area (Å²) in [5.74, 6) is 0. The zero-order valence-corrected chi connectivity index (χ0v) is 13.1. The maximum absolute atomic E-state index is 3.57. The molecular formula is C16H19BrN2. The molecule has 0 amide bonds. The summed E-state index contributed by atoms with van der Waals surface area (Å²) in [6.45, 7) is 2.18. The molecule has 2 rings (SSSR count). The maximum Gasteiger partial charge on any atom is 0.0596 e. The average Bonchev–Trinajstić information content (AvgIpc) is 2.39. The molecule has 0 aliphatic rings. The van der Waals surface area contributed by atoms with Crippen LogP contribution in [0.4, 0.5) is 11.4 Å². The zero-order valence-electron chi connectivity index (χ0n) is 11.5. The summed E-state index contributed by atoms with van der Waals surface area (Å²) in [6.07, 6.45) is 0. The van der Waals surface area contributed by atoms with Crippen LogP contribution in [0.15, 0.2) is 53.0 Å². The van der Waals surface area contributed by atoms with Crippen molar-refractivity contribution < 1.29 is 0 Å². The van der Waals surface area contributed by atoms with Gasteiger partial charge in [0, 0.05) is 24.6 Å². The van der Waals surface area contributed by atoms with E-state index < -0.39 is 0 Å². The van der Waals surface area contributed by atoms with E-state index >= 15 is 0 Å². The van der Waals surface area contributed by atoms with Gasteiger partial charge in [0.2, 0.25) is 0 Å². The minimum atomic E-state index is 0.272. The Morgan fingerprint density at radius 2 is 1.63 bits per heavy atom. The van der Waals surface area contributed by atoms with Gasteiger partial charge in [-0.1, -0.05) is 40.2 Å². The Hall–Kier alpha value is -1.48. The van der Waals surface area contributed by atoms with E-state index in [0.717, 1.165) is 10.2 Å². The smallest absolute Gasteiger partial charge is 0.0596 e. The maximum atomic E-state index is 3.57. The second kappa shape index (κ2) is 6.11. The second-order valence-corrected chi connectivity index (χ2v) is 5.74. The lowest BCUT2D eigenvalue weighted by Crippen LogP contribution is -2.14. The molecule has 0 aromatic heterocycles. The van der Waals surface area contributed by atoms with Crippen LogP contribution in [-0.4, -0.2) is 14.1 Å². The molecule has 0 aliphatic carbocycles. The molecule has 2 nitrogen and oxygen atoms in total. The van der Waals surface area contributed by atoms with E-state index in [4.69, 9.17) is 0 Å². The number of halogens is 1. The summed E-state index contributed by atoms with van der Waals surface area (Å²) in [7, 11) is 4.12. The highest BCUT2D eigenvalue weighted by molar-refractivity contribution is 9.10. The van der Waals surface area contributed by atoms with E-state index in [1.54, 1.807) is 0 Å². The first-order valence-corrected chi connectivity index (χ1v) is 7.15. The minimum Gasteiger partial charge on any atom is -0.377 e. The molecule has 1 N–H and O–H groups in total. The fourth-order valence-corrected chi connectivity index (χ4v) is 2.32. The van der Waals surface area contributed by atoms with Gasteiger partial charge in [-0.05, 0) is 36.8 Å². The molecule has 3 heteroatoms. The molecular weight excluding hydrogens is 300 g/mol. The third kappa shape index (κ3) is 3.51. The molecule has 100 valence electrons. The van der Waals surface area contributed by atoms with Crippen LogP contribution in [0, 0.1) is 0 Å². The molecule has 0 spiro atoms. The van der Waals surface area contributed by atoms with Gasteiger partial charge in [0.15, 0.2) is 0 Å². The Bertz CT molecular complexity index is 535. The Labute approximate surface area is 123 Å². The van der Waals surface area contributed by atoms with Gasteiger partial charge in [-0.2, -0.15) is 0 Å². The molecule has 1 unspecified atom stereocenters. The molecule has 0 aliphatic heterocycles. The Morgan fingerprint density at radius 3 is 2.26 bits per heavy atom. The van der Waals surface area contributed by atoms with E-state index in [0.29, 0.717) is 0 Å². The van der Waals surface area contributed by atoms with E-state index in [1.165, 1.54) is 11.3 Å². The molecule has 1 atom stereocenters. The molecule has 0 heterocycles. The van der Waals surface area contributed by atoms with Crippen LogP contribution in [0.5, 0.6) is 0 Å². The van der Waals surface area contributed by atoms with Crippen molar-refractivity contribution in [1.82, 2.24) is 0 Å². The Morgan fingerprint density at radius 1 is 1.00 bits per heavy atom. The molecule has 0 saturated carbocycles. The number of hydrogen-bond acceptors (Lipinski definition) is 2. The zero-order chi connectivity index (χ0) is 13.8. The normalized spacial score (nSPS) is 12.0. The highest BCUT2D eigenvalue weighted by Gasteiger charge is 2.08. The number of nitrogens with one attached hydrogen (secondary N) is 1. The van der Waals surface area contributed by atoms with Crippen LogP contribution < -0.4 is 10.2 Å². The fraction of sp³-hybridized carbons (Fsp3) is 0.250. The number of hydrogen-bond donors (Lipinski definition) is 1. The molecule has 0 saturated heterocycles. The van der Waals surface area contributed by atoms with Crippen molar-refractivity contribution in [2.75, 3.05) is 24.3 Å².